The maximum atomic E-state index is 11.5. The SMILES string of the molecule is CCc1ccc(OC)c(C2CN(C(C)=O)CCN2)c1. The zero-order valence-electron chi connectivity index (χ0n) is 11.9. The normalized spacial score (nSPS) is 19.3. The number of hydrogen-bond acceptors (Lipinski definition) is 3. The molecule has 1 heterocycles. The topological polar surface area (TPSA) is 41.6 Å². The van der Waals surface area contributed by atoms with Crippen molar-refractivity contribution in [3.05, 3.63) is 29.3 Å². The van der Waals surface area contributed by atoms with Gasteiger partial charge in [0.05, 0.1) is 13.2 Å². The number of nitrogens with zero attached hydrogens (tertiary/aromatic N) is 1. The second kappa shape index (κ2) is 6.06. The summed E-state index contributed by atoms with van der Waals surface area (Å²) in [6, 6.07) is 6.44. The van der Waals surface area contributed by atoms with Crippen LogP contribution in [0.1, 0.15) is 31.0 Å². The molecule has 0 aliphatic carbocycles. The van der Waals surface area contributed by atoms with Gasteiger partial charge in [-0.15, -0.1) is 0 Å². The average molecular weight is 262 g/mol. The largest absolute Gasteiger partial charge is 0.496 e. The predicted octanol–water partition coefficient (Wildman–Crippen LogP) is 1.75. The molecule has 1 aromatic carbocycles. The number of amides is 1. The van der Waals surface area contributed by atoms with E-state index in [1.165, 1.54) is 5.56 Å². The summed E-state index contributed by atoms with van der Waals surface area (Å²) in [6.45, 7) is 6.08. The lowest BCUT2D eigenvalue weighted by atomic mass is 9.99. The van der Waals surface area contributed by atoms with Crippen LogP contribution >= 0.6 is 0 Å². The monoisotopic (exact) mass is 262 g/mol. The molecule has 19 heavy (non-hydrogen) atoms. The summed E-state index contributed by atoms with van der Waals surface area (Å²) in [5.74, 6) is 1.03. The Kier molecular flexibility index (Phi) is 4.43. The molecular formula is C15H22N2O2. The highest BCUT2D eigenvalue weighted by Gasteiger charge is 2.24. The number of rotatable bonds is 3. The molecule has 1 fully saturated rings. The van der Waals surface area contributed by atoms with E-state index in [0.717, 1.165) is 30.8 Å². The van der Waals surface area contributed by atoms with E-state index in [9.17, 15) is 4.79 Å². The van der Waals surface area contributed by atoms with Gasteiger partial charge in [-0.05, 0) is 18.1 Å². The van der Waals surface area contributed by atoms with E-state index in [0.29, 0.717) is 6.54 Å². The zero-order valence-corrected chi connectivity index (χ0v) is 11.9. The minimum atomic E-state index is 0.136. The van der Waals surface area contributed by atoms with Crippen molar-refractivity contribution in [2.45, 2.75) is 26.3 Å². The van der Waals surface area contributed by atoms with Gasteiger partial charge in [0.1, 0.15) is 5.75 Å². The fourth-order valence-electron chi connectivity index (χ4n) is 2.52. The first-order chi connectivity index (χ1) is 9.15. The first kappa shape index (κ1) is 13.9. The van der Waals surface area contributed by atoms with Gasteiger partial charge in [0.15, 0.2) is 0 Å². The Morgan fingerprint density at radius 1 is 1.53 bits per heavy atom. The summed E-state index contributed by atoms with van der Waals surface area (Å²) in [5, 5.41) is 3.47. The van der Waals surface area contributed by atoms with Crippen LogP contribution in [0.5, 0.6) is 5.75 Å². The van der Waals surface area contributed by atoms with Crippen LogP contribution in [0.2, 0.25) is 0 Å². The highest BCUT2D eigenvalue weighted by atomic mass is 16.5. The number of piperazine rings is 1. The molecule has 1 aromatic rings. The molecule has 2 rings (SSSR count). The van der Waals surface area contributed by atoms with Crippen molar-refractivity contribution in [3.63, 3.8) is 0 Å². The Morgan fingerprint density at radius 2 is 2.32 bits per heavy atom. The number of methoxy groups -OCH3 is 1. The number of nitrogens with one attached hydrogen (secondary N) is 1. The lowest BCUT2D eigenvalue weighted by Gasteiger charge is -2.34. The van der Waals surface area contributed by atoms with Gasteiger partial charge in [-0.2, -0.15) is 0 Å². The van der Waals surface area contributed by atoms with Crippen LogP contribution in [-0.4, -0.2) is 37.6 Å². The van der Waals surface area contributed by atoms with Crippen molar-refractivity contribution < 1.29 is 9.53 Å². The van der Waals surface area contributed by atoms with Gasteiger partial charge in [0.25, 0.3) is 0 Å². The van der Waals surface area contributed by atoms with Crippen molar-refractivity contribution in [1.29, 1.82) is 0 Å². The second-order valence-electron chi connectivity index (χ2n) is 4.90. The van der Waals surface area contributed by atoms with Gasteiger partial charge in [0, 0.05) is 32.1 Å². The molecule has 0 aromatic heterocycles. The number of hydrogen-bond donors (Lipinski definition) is 1. The summed E-state index contributed by atoms with van der Waals surface area (Å²) < 4.78 is 5.45. The van der Waals surface area contributed by atoms with E-state index in [4.69, 9.17) is 4.74 Å². The predicted molar refractivity (Wildman–Crippen MR) is 75.4 cm³/mol. The summed E-state index contributed by atoms with van der Waals surface area (Å²) in [5.41, 5.74) is 2.44. The van der Waals surface area contributed by atoms with Crippen molar-refractivity contribution in [3.8, 4) is 5.75 Å². The molecule has 4 heteroatoms. The third kappa shape index (κ3) is 3.07. The van der Waals surface area contributed by atoms with Gasteiger partial charge >= 0.3 is 0 Å². The van der Waals surface area contributed by atoms with Crippen molar-refractivity contribution >= 4 is 5.91 Å². The molecule has 1 amide bonds. The summed E-state index contributed by atoms with van der Waals surface area (Å²) in [6.07, 6.45) is 1.00. The maximum absolute atomic E-state index is 11.5. The second-order valence-corrected chi connectivity index (χ2v) is 4.90. The molecule has 0 radical (unpaired) electrons. The number of carbonyl (C=O) groups excluding carboxylic acids is 1. The molecule has 104 valence electrons. The number of benzene rings is 1. The van der Waals surface area contributed by atoms with E-state index in [1.807, 2.05) is 11.0 Å². The molecule has 1 aliphatic heterocycles. The number of aryl methyl sites for hydroxylation is 1. The molecule has 4 nitrogen and oxygen atoms in total. The Labute approximate surface area is 114 Å². The summed E-state index contributed by atoms with van der Waals surface area (Å²) in [7, 11) is 1.69. The minimum absolute atomic E-state index is 0.136. The minimum Gasteiger partial charge on any atom is -0.496 e. The molecule has 0 bridgehead atoms. The van der Waals surface area contributed by atoms with Gasteiger partial charge in [-0.1, -0.05) is 19.1 Å². The van der Waals surface area contributed by atoms with Crippen LogP contribution in [0.3, 0.4) is 0 Å². The fourth-order valence-corrected chi connectivity index (χ4v) is 2.52. The molecular weight excluding hydrogens is 240 g/mol. The van der Waals surface area contributed by atoms with Crippen LogP contribution in [0.4, 0.5) is 0 Å². The highest BCUT2D eigenvalue weighted by Crippen LogP contribution is 2.28. The lowest BCUT2D eigenvalue weighted by molar-refractivity contribution is -0.130. The Morgan fingerprint density at radius 3 is 2.95 bits per heavy atom. The number of carbonyl (C=O) groups is 1. The molecule has 1 aliphatic rings. The molecule has 1 saturated heterocycles. The van der Waals surface area contributed by atoms with Crippen molar-refractivity contribution in [2.24, 2.45) is 0 Å². The van der Waals surface area contributed by atoms with E-state index in [2.05, 4.69) is 24.4 Å². The Balaban J connectivity index is 2.26. The quantitative estimate of drug-likeness (QED) is 0.902. The lowest BCUT2D eigenvalue weighted by Crippen LogP contribution is -2.47. The molecule has 1 unspecified atom stereocenters. The standard InChI is InChI=1S/C15H22N2O2/c1-4-12-5-6-15(19-3)13(9-12)14-10-17(11(2)18)8-7-16-14/h5-6,9,14,16H,4,7-8,10H2,1-3H3. The van der Waals surface area contributed by atoms with E-state index in [1.54, 1.807) is 14.0 Å². The van der Waals surface area contributed by atoms with Gasteiger partial charge in [-0.3, -0.25) is 4.79 Å². The molecule has 1 N–H and O–H groups in total. The van der Waals surface area contributed by atoms with Crippen LogP contribution in [0.15, 0.2) is 18.2 Å². The van der Waals surface area contributed by atoms with Crippen LogP contribution in [0.25, 0.3) is 0 Å². The van der Waals surface area contributed by atoms with Crippen LogP contribution < -0.4 is 10.1 Å². The van der Waals surface area contributed by atoms with E-state index >= 15 is 0 Å². The van der Waals surface area contributed by atoms with Crippen molar-refractivity contribution in [1.82, 2.24) is 10.2 Å². The Hall–Kier alpha value is -1.55. The summed E-state index contributed by atoms with van der Waals surface area (Å²) >= 11 is 0. The highest BCUT2D eigenvalue weighted by molar-refractivity contribution is 5.73. The first-order valence-corrected chi connectivity index (χ1v) is 6.81. The first-order valence-electron chi connectivity index (χ1n) is 6.81. The van der Waals surface area contributed by atoms with Crippen molar-refractivity contribution in [2.75, 3.05) is 26.7 Å². The number of ether oxygens (including phenoxy) is 1. The average Bonchev–Trinajstić information content (AvgIpc) is 2.46. The maximum Gasteiger partial charge on any atom is 0.219 e. The Bertz CT molecular complexity index is 459. The van der Waals surface area contributed by atoms with Gasteiger partial charge < -0.3 is 15.0 Å². The molecule has 0 spiro atoms. The van der Waals surface area contributed by atoms with E-state index < -0.39 is 0 Å². The van der Waals surface area contributed by atoms with Crippen LogP contribution in [-0.2, 0) is 11.2 Å². The fraction of sp³-hybridized carbons (Fsp3) is 0.533. The van der Waals surface area contributed by atoms with Gasteiger partial charge in [0.2, 0.25) is 5.91 Å². The van der Waals surface area contributed by atoms with Gasteiger partial charge in [-0.25, -0.2) is 0 Å². The van der Waals surface area contributed by atoms with E-state index in [-0.39, 0.29) is 11.9 Å². The third-order valence-electron chi connectivity index (χ3n) is 3.70. The zero-order chi connectivity index (χ0) is 13.8. The van der Waals surface area contributed by atoms with Crippen LogP contribution in [0, 0.1) is 0 Å². The summed E-state index contributed by atoms with van der Waals surface area (Å²) in [4.78, 5) is 13.4. The molecule has 0 saturated carbocycles. The third-order valence-corrected chi connectivity index (χ3v) is 3.70. The molecule has 1 atom stereocenters. The smallest absolute Gasteiger partial charge is 0.219 e.